The first-order valence-electron chi connectivity index (χ1n) is 9.34. The molecule has 1 atom stereocenters. The van der Waals surface area contributed by atoms with Gasteiger partial charge in [0, 0.05) is 38.9 Å². The van der Waals surface area contributed by atoms with Crippen LogP contribution in [0.1, 0.15) is 28.9 Å². The van der Waals surface area contributed by atoms with Crippen LogP contribution in [-0.2, 0) is 9.53 Å². The molecule has 148 valence electrons. The number of nitrogens with zero attached hydrogens (tertiary/aromatic N) is 5. The number of aromatic amines is 1. The second kappa shape index (κ2) is 7.55. The Hall–Kier alpha value is -3.01. The van der Waals surface area contributed by atoms with Gasteiger partial charge in [0.05, 0.1) is 23.8 Å². The van der Waals surface area contributed by atoms with Crippen LogP contribution in [0.2, 0.25) is 0 Å². The van der Waals surface area contributed by atoms with Crippen LogP contribution in [0.25, 0.3) is 5.82 Å². The number of aromatic nitrogens is 4. The van der Waals surface area contributed by atoms with E-state index < -0.39 is 0 Å². The third-order valence-electron chi connectivity index (χ3n) is 5.20. The highest BCUT2D eigenvalue weighted by atomic mass is 16.5. The van der Waals surface area contributed by atoms with Gasteiger partial charge in [0.15, 0.2) is 5.82 Å². The fourth-order valence-electron chi connectivity index (χ4n) is 3.60. The van der Waals surface area contributed by atoms with Gasteiger partial charge in [-0.05, 0) is 19.8 Å². The number of hydrogen-bond acceptors (Lipinski definition) is 6. The lowest BCUT2D eigenvalue weighted by atomic mass is 10.1. The fourth-order valence-corrected chi connectivity index (χ4v) is 3.60. The van der Waals surface area contributed by atoms with E-state index in [1.807, 2.05) is 0 Å². The van der Waals surface area contributed by atoms with E-state index in [-0.39, 0.29) is 23.5 Å². The van der Waals surface area contributed by atoms with Crippen LogP contribution in [0, 0.1) is 6.92 Å². The third-order valence-corrected chi connectivity index (χ3v) is 5.20. The van der Waals surface area contributed by atoms with Gasteiger partial charge in [-0.3, -0.25) is 14.4 Å². The largest absolute Gasteiger partial charge is 0.368 e. The fraction of sp³-hybridized carbons (Fsp3) is 0.500. The summed E-state index contributed by atoms with van der Waals surface area (Å²) in [4.78, 5) is 46.9. The molecule has 1 N–H and O–H groups in total. The smallest absolute Gasteiger partial charge is 0.257 e. The molecule has 0 aromatic carbocycles. The Balaban J connectivity index is 1.43. The first-order chi connectivity index (χ1) is 13.5. The first-order valence-corrected chi connectivity index (χ1v) is 9.34. The van der Waals surface area contributed by atoms with E-state index in [1.165, 1.54) is 23.3 Å². The number of piperazine rings is 1. The lowest BCUT2D eigenvalue weighted by molar-refractivity contribution is -0.142. The Kier molecular flexibility index (Phi) is 4.95. The maximum atomic E-state index is 12.9. The van der Waals surface area contributed by atoms with Crippen LogP contribution in [0.15, 0.2) is 23.4 Å². The van der Waals surface area contributed by atoms with Gasteiger partial charge in [0.25, 0.3) is 17.4 Å². The number of ether oxygens (including phenoxy) is 1. The number of H-pyrrole nitrogens is 1. The second-order valence-electron chi connectivity index (χ2n) is 6.94. The first kappa shape index (κ1) is 18.4. The topological polar surface area (TPSA) is 113 Å². The van der Waals surface area contributed by atoms with Crippen molar-refractivity contribution in [1.29, 1.82) is 0 Å². The van der Waals surface area contributed by atoms with Crippen molar-refractivity contribution in [3.8, 4) is 5.82 Å². The summed E-state index contributed by atoms with van der Waals surface area (Å²) >= 11 is 0. The molecule has 2 fully saturated rings. The summed E-state index contributed by atoms with van der Waals surface area (Å²) in [5, 5.41) is 4.21. The van der Waals surface area contributed by atoms with Gasteiger partial charge < -0.3 is 19.5 Å². The van der Waals surface area contributed by atoms with Crippen molar-refractivity contribution in [3.05, 3.63) is 40.2 Å². The Bertz CT molecular complexity index is 938. The molecule has 0 radical (unpaired) electrons. The Labute approximate surface area is 161 Å². The molecule has 0 spiro atoms. The summed E-state index contributed by atoms with van der Waals surface area (Å²) in [6.07, 6.45) is 4.14. The number of hydrogen-bond donors (Lipinski definition) is 1. The summed E-state index contributed by atoms with van der Waals surface area (Å²) < 4.78 is 6.94. The average molecular weight is 386 g/mol. The molecule has 4 rings (SSSR count). The summed E-state index contributed by atoms with van der Waals surface area (Å²) in [7, 11) is 0. The molecule has 28 heavy (non-hydrogen) atoms. The van der Waals surface area contributed by atoms with E-state index in [2.05, 4.69) is 15.1 Å². The van der Waals surface area contributed by atoms with Gasteiger partial charge in [-0.2, -0.15) is 5.10 Å². The number of carbonyl (C=O) groups is 2. The molecule has 2 aromatic heterocycles. The minimum atomic E-state index is -0.329. The molecule has 0 aliphatic carbocycles. The third kappa shape index (κ3) is 3.42. The zero-order valence-electron chi connectivity index (χ0n) is 15.6. The molecule has 2 aromatic rings. The van der Waals surface area contributed by atoms with Crippen LogP contribution < -0.4 is 5.56 Å². The van der Waals surface area contributed by atoms with Crippen molar-refractivity contribution >= 4 is 11.8 Å². The van der Waals surface area contributed by atoms with Crippen LogP contribution >= 0.6 is 0 Å². The standard InChI is InChI=1S/C18H22N6O4/c1-12-13(10-21-24(12)15-9-16(25)20-11-19-15)17(26)22-4-6-23(7-5-22)18(27)14-3-2-8-28-14/h9-11,14H,2-8H2,1H3,(H,19,20,25). The summed E-state index contributed by atoms with van der Waals surface area (Å²) in [6, 6.07) is 1.32. The molecule has 1 unspecified atom stereocenters. The predicted octanol–water partition coefficient (Wildman–Crippen LogP) is -0.273. The highest BCUT2D eigenvalue weighted by Crippen LogP contribution is 2.18. The zero-order valence-corrected chi connectivity index (χ0v) is 15.6. The highest BCUT2D eigenvalue weighted by molar-refractivity contribution is 5.95. The van der Waals surface area contributed by atoms with E-state index in [0.29, 0.717) is 49.9 Å². The quantitative estimate of drug-likeness (QED) is 0.777. The van der Waals surface area contributed by atoms with E-state index in [9.17, 15) is 14.4 Å². The number of nitrogens with one attached hydrogen (secondary N) is 1. The minimum absolute atomic E-state index is 0.0222. The van der Waals surface area contributed by atoms with Crippen molar-refractivity contribution in [2.75, 3.05) is 32.8 Å². The molecule has 0 bridgehead atoms. The molecule has 4 heterocycles. The van der Waals surface area contributed by atoms with E-state index in [4.69, 9.17) is 4.74 Å². The van der Waals surface area contributed by atoms with Crippen LogP contribution in [0.3, 0.4) is 0 Å². The van der Waals surface area contributed by atoms with E-state index in [1.54, 1.807) is 16.7 Å². The van der Waals surface area contributed by atoms with E-state index in [0.717, 1.165) is 12.8 Å². The van der Waals surface area contributed by atoms with Crippen LogP contribution in [-0.4, -0.2) is 80.3 Å². The molecule has 2 aliphatic rings. The molecule has 2 aliphatic heterocycles. The number of amides is 2. The highest BCUT2D eigenvalue weighted by Gasteiger charge is 2.32. The summed E-state index contributed by atoms with van der Waals surface area (Å²) in [5.74, 6) is 0.235. The SMILES string of the molecule is Cc1c(C(=O)N2CCN(C(=O)C3CCCO3)CC2)cnn1-c1cc(=O)[nH]cn1. The van der Waals surface area contributed by atoms with Gasteiger partial charge in [0.2, 0.25) is 0 Å². The molecular weight excluding hydrogens is 364 g/mol. The van der Waals surface area contributed by atoms with Gasteiger partial charge in [-0.25, -0.2) is 9.67 Å². The normalized spacial score (nSPS) is 19.8. The van der Waals surface area contributed by atoms with Crippen LogP contribution in [0.5, 0.6) is 0 Å². The maximum Gasteiger partial charge on any atom is 0.257 e. The summed E-state index contributed by atoms with van der Waals surface area (Å²) in [5.41, 5.74) is 0.779. The van der Waals surface area contributed by atoms with Gasteiger partial charge in [0.1, 0.15) is 6.10 Å². The van der Waals surface area contributed by atoms with Crippen LogP contribution in [0.4, 0.5) is 0 Å². The van der Waals surface area contributed by atoms with Gasteiger partial charge in [-0.15, -0.1) is 0 Å². The molecule has 2 amide bonds. The number of carbonyl (C=O) groups excluding carboxylic acids is 2. The molecule has 10 heteroatoms. The lowest BCUT2D eigenvalue weighted by Crippen LogP contribution is -2.52. The molecule has 2 saturated heterocycles. The van der Waals surface area contributed by atoms with Crippen molar-refractivity contribution < 1.29 is 14.3 Å². The van der Waals surface area contributed by atoms with Crippen molar-refractivity contribution in [3.63, 3.8) is 0 Å². The van der Waals surface area contributed by atoms with Crippen molar-refractivity contribution in [1.82, 2.24) is 29.5 Å². The number of rotatable bonds is 3. The molecule has 0 saturated carbocycles. The van der Waals surface area contributed by atoms with Crippen molar-refractivity contribution in [2.24, 2.45) is 0 Å². The Morgan fingerprint density at radius 3 is 2.64 bits per heavy atom. The molecule has 10 nitrogen and oxygen atoms in total. The second-order valence-corrected chi connectivity index (χ2v) is 6.94. The maximum absolute atomic E-state index is 12.9. The minimum Gasteiger partial charge on any atom is -0.368 e. The zero-order chi connectivity index (χ0) is 19.7. The molecular formula is C18H22N6O4. The van der Waals surface area contributed by atoms with Crippen molar-refractivity contribution in [2.45, 2.75) is 25.9 Å². The Morgan fingerprint density at radius 2 is 1.96 bits per heavy atom. The summed E-state index contributed by atoms with van der Waals surface area (Å²) in [6.45, 7) is 4.32. The lowest BCUT2D eigenvalue weighted by Gasteiger charge is -2.35. The van der Waals surface area contributed by atoms with Gasteiger partial charge >= 0.3 is 0 Å². The average Bonchev–Trinajstić information content (AvgIpc) is 3.37. The predicted molar refractivity (Wildman–Crippen MR) is 98.2 cm³/mol. The monoisotopic (exact) mass is 386 g/mol. The van der Waals surface area contributed by atoms with Gasteiger partial charge in [-0.1, -0.05) is 0 Å². The Morgan fingerprint density at radius 1 is 1.21 bits per heavy atom. The van der Waals surface area contributed by atoms with E-state index >= 15 is 0 Å².